The number of nitrogens with zero attached hydrogens (tertiary/aromatic N) is 3. The van der Waals surface area contributed by atoms with Crippen molar-refractivity contribution in [2.75, 3.05) is 49.5 Å². The first kappa shape index (κ1) is 28.8. The maximum atomic E-state index is 11.6. The number of benzene rings is 2. The van der Waals surface area contributed by atoms with E-state index in [1.165, 1.54) is 16.5 Å². The Morgan fingerprint density at radius 3 is 2.60 bits per heavy atom. The lowest BCUT2D eigenvalue weighted by Gasteiger charge is -2.35. The van der Waals surface area contributed by atoms with Crippen molar-refractivity contribution in [3.8, 4) is 0 Å². The summed E-state index contributed by atoms with van der Waals surface area (Å²) in [7, 11) is 0. The first-order valence-electron chi connectivity index (χ1n) is 14.2. The zero-order valence-corrected chi connectivity index (χ0v) is 24.4. The number of hydrogen-bond acceptors (Lipinski definition) is 7. The van der Waals surface area contributed by atoms with E-state index in [1.807, 2.05) is 6.07 Å². The second-order valence-electron chi connectivity index (χ2n) is 11.2. The number of nitrogens with one attached hydrogen (secondary N) is 1. The van der Waals surface area contributed by atoms with Crippen LogP contribution in [-0.4, -0.2) is 65.5 Å². The quantitative estimate of drug-likeness (QED) is 0.351. The number of piperazine rings is 1. The molecule has 2 fully saturated rings. The lowest BCUT2D eigenvalue weighted by molar-refractivity contribution is -0.140. The smallest absolute Gasteiger partial charge is 0.303 e. The number of carboxylic acid groups (broad SMARTS) is 1. The highest BCUT2D eigenvalue weighted by molar-refractivity contribution is 7.13. The van der Waals surface area contributed by atoms with Crippen LogP contribution in [0.5, 0.6) is 0 Å². The minimum atomic E-state index is -0.706. The predicted molar refractivity (Wildman–Crippen MR) is 163 cm³/mol. The van der Waals surface area contributed by atoms with Crippen molar-refractivity contribution in [2.24, 2.45) is 11.1 Å². The van der Waals surface area contributed by atoms with Gasteiger partial charge in [-0.05, 0) is 72.1 Å². The van der Waals surface area contributed by atoms with Gasteiger partial charge in [-0.3, -0.25) is 14.5 Å². The Morgan fingerprint density at radius 1 is 1.12 bits per heavy atom. The van der Waals surface area contributed by atoms with Crippen molar-refractivity contribution in [2.45, 2.75) is 51.4 Å². The average molecular weight is 584 g/mol. The molecule has 2 aliphatic heterocycles. The second kappa shape index (κ2) is 12.9. The van der Waals surface area contributed by atoms with Crippen LogP contribution >= 0.6 is 23.1 Å². The molecule has 0 radical (unpaired) electrons. The zero-order valence-electron chi connectivity index (χ0n) is 22.8. The first-order chi connectivity index (χ1) is 19.4. The van der Waals surface area contributed by atoms with E-state index in [0.29, 0.717) is 13.0 Å². The van der Waals surface area contributed by atoms with E-state index in [0.717, 1.165) is 92.5 Å². The Hall–Kier alpha value is -2.72. The molecule has 40 heavy (non-hydrogen) atoms. The molecule has 2 aromatic carbocycles. The number of anilines is 2. The lowest BCUT2D eigenvalue weighted by atomic mass is 9.72. The van der Waals surface area contributed by atoms with Gasteiger partial charge >= 0.3 is 5.97 Å². The maximum Gasteiger partial charge on any atom is 0.303 e. The van der Waals surface area contributed by atoms with Gasteiger partial charge in [-0.2, -0.15) is 4.37 Å². The van der Waals surface area contributed by atoms with Crippen molar-refractivity contribution >= 4 is 56.6 Å². The Bertz CT molecular complexity index is 1350. The molecule has 0 bridgehead atoms. The maximum absolute atomic E-state index is 11.6. The van der Waals surface area contributed by atoms with Crippen LogP contribution in [0.15, 0.2) is 36.4 Å². The molecule has 4 N–H and O–H groups in total. The fourth-order valence-corrected chi connectivity index (χ4v) is 7.18. The van der Waals surface area contributed by atoms with Gasteiger partial charge in [0.2, 0.25) is 5.91 Å². The number of carboxylic acids is 1. The number of fused-ring (bicyclic) bond motifs is 2. The van der Waals surface area contributed by atoms with Gasteiger partial charge in [-0.15, -0.1) is 0 Å². The highest BCUT2D eigenvalue weighted by atomic mass is 35.5. The van der Waals surface area contributed by atoms with E-state index in [9.17, 15) is 9.59 Å². The number of rotatable bonds is 7. The third kappa shape index (κ3) is 6.77. The molecule has 0 atom stereocenters. The lowest BCUT2D eigenvalue weighted by Crippen LogP contribution is -2.47. The van der Waals surface area contributed by atoms with E-state index >= 15 is 0 Å². The topological polar surface area (TPSA) is 112 Å². The monoisotopic (exact) mass is 583 g/mol. The summed E-state index contributed by atoms with van der Waals surface area (Å²) in [4.78, 5) is 27.0. The molecule has 3 aliphatic rings. The molecule has 0 unspecified atom stereocenters. The van der Waals surface area contributed by atoms with Crippen LogP contribution in [0.1, 0.15) is 49.7 Å². The number of carbonyl (C=O) groups is 2. The summed E-state index contributed by atoms with van der Waals surface area (Å²) in [6.07, 6.45) is 7.13. The van der Waals surface area contributed by atoms with Crippen LogP contribution < -0.4 is 16.0 Å². The minimum Gasteiger partial charge on any atom is -0.481 e. The molecule has 1 amide bonds. The molecule has 1 saturated heterocycles. The molecule has 214 valence electrons. The predicted octanol–water partition coefficient (Wildman–Crippen LogP) is 5.18. The normalized spacial score (nSPS) is 18.6. The average Bonchev–Trinajstić information content (AvgIpc) is 3.55. The summed E-state index contributed by atoms with van der Waals surface area (Å²) < 4.78 is 5.94. The summed E-state index contributed by atoms with van der Waals surface area (Å²) in [6.45, 7) is 5.53. The number of nitrogens with two attached hydrogens (primary N) is 1. The van der Waals surface area contributed by atoms with Gasteiger partial charge in [0.1, 0.15) is 5.82 Å². The molecule has 8 nitrogen and oxygen atoms in total. The van der Waals surface area contributed by atoms with E-state index in [2.05, 4.69) is 49.8 Å². The first-order valence-corrected chi connectivity index (χ1v) is 15.4. The van der Waals surface area contributed by atoms with Gasteiger partial charge < -0.3 is 21.1 Å². The van der Waals surface area contributed by atoms with Crippen LogP contribution in [-0.2, 0) is 22.4 Å². The van der Waals surface area contributed by atoms with Gasteiger partial charge in [0.15, 0.2) is 0 Å². The summed E-state index contributed by atoms with van der Waals surface area (Å²) in [5.74, 6) is 0.468. The van der Waals surface area contributed by atoms with Crippen LogP contribution in [0.25, 0.3) is 10.1 Å². The highest BCUT2D eigenvalue weighted by Gasteiger charge is 2.32. The summed E-state index contributed by atoms with van der Waals surface area (Å²) in [5.41, 5.74) is 8.60. The van der Waals surface area contributed by atoms with Crippen LogP contribution in [0.2, 0.25) is 5.02 Å². The van der Waals surface area contributed by atoms with Crippen molar-refractivity contribution in [1.82, 2.24) is 9.27 Å². The number of halogens is 1. The van der Waals surface area contributed by atoms with Gasteiger partial charge in [-0.25, -0.2) is 0 Å². The molecular weight excluding hydrogens is 546 g/mol. The fraction of sp³-hybridized carbons (Fsp3) is 0.500. The molecule has 1 saturated carbocycles. The number of aromatic nitrogens is 1. The second-order valence-corrected chi connectivity index (χ2v) is 12.5. The largest absolute Gasteiger partial charge is 0.481 e. The van der Waals surface area contributed by atoms with Gasteiger partial charge in [0, 0.05) is 48.8 Å². The Balaban J connectivity index is 0.000000227. The summed E-state index contributed by atoms with van der Waals surface area (Å²) in [5, 5.41) is 13.6. The van der Waals surface area contributed by atoms with Crippen LogP contribution in [0.3, 0.4) is 0 Å². The van der Waals surface area contributed by atoms with E-state index < -0.39 is 5.97 Å². The molecule has 6 rings (SSSR count). The van der Waals surface area contributed by atoms with Gasteiger partial charge in [-0.1, -0.05) is 49.1 Å². The van der Waals surface area contributed by atoms with Crippen molar-refractivity contribution in [3.63, 3.8) is 0 Å². The minimum absolute atomic E-state index is 0.0499. The summed E-state index contributed by atoms with van der Waals surface area (Å²) in [6, 6.07) is 12.4. The van der Waals surface area contributed by atoms with Gasteiger partial charge in [0.25, 0.3) is 0 Å². The molecule has 3 aromatic rings. The van der Waals surface area contributed by atoms with E-state index in [4.69, 9.17) is 22.4 Å². The van der Waals surface area contributed by atoms with E-state index in [1.54, 1.807) is 11.5 Å². The van der Waals surface area contributed by atoms with Crippen molar-refractivity contribution in [1.29, 1.82) is 0 Å². The molecule has 0 spiro atoms. The number of aliphatic carboxylic acids is 1. The Morgan fingerprint density at radius 2 is 1.88 bits per heavy atom. The van der Waals surface area contributed by atoms with E-state index in [-0.39, 0.29) is 17.7 Å². The van der Waals surface area contributed by atoms with Gasteiger partial charge in [0.05, 0.1) is 17.5 Å². The third-order valence-corrected chi connectivity index (χ3v) is 9.67. The third-order valence-electron chi connectivity index (χ3n) is 8.50. The molecule has 10 heteroatoms. The standard InChI is InChI=1S/C21H21ClN4OS.C9H17NO2/c22-17-13-18-15(12-20(27)23-18)11-14(17)5-6-25-7-9-26(10-8-25)21-16-3-1-2-4-19(16)28-24-21;10-7-9(6-8(11)12)4-2-1-3-5-9/h1-4,11,13H,5-10,12H2,(H,23,27);1-7,10H2,(H,11,12). The number of carbonyl (C=O) groups excluding carboxylic acids is 1. The number of hydrogen-bond donors (Lipinski definition) is 3. The van der Waals surface area contributed by atoms with Crippen molar-refractivity contribution < 1.29 is 14.7 Å². The van der Waals surface area contributed by atoms with Crippen LogP contribution in [0.4, 0.5) is 11.5 Å². The molecular formula is C30H38ClN5O3S. The SMILES string of the molecule is NCC1(CC(=O)O)CCCCC1.O=C1Cc2cc(CCN3CCN(c4nsc5ccccc45)CC3)c(Cl)cc2N1. The van der Waals surface area contributed by atoms with Crippen molar-refractivity contribution in [3.05, 3.63) is 52.5 Å². The molecule has 3 heterocycles. The summed E-state index contributed by atoms with van der Waals surface area (Å²) >= 11 is 8.01. The molecule has 1 aromatic heterocycles. The zero-order chi connectivity index (χ0) is 28.1. The number of amides is 1. The Kier molecular flexibility index (Phi) is 9.25. The molecule has 1 aliphatic carbocycles. The fourth-order valence-electron chi connectivity index (χ4n) is 6.13. The van der Waals surface area contributed by atoms with Crippen LogP contribution in [0, 0.1) is 5.41 Å². The Labute approximate surface area is 244 Å². The highest BCUT2D eigenvalue weighted by Crippen LogP contribution is 2.38.